The molecule has 5 heteroatoms. The lowest BCUT2D eigenvalue weighted by Gasteiger charge is -2.60. The van der Waals surface area contributed by atoms with Crippen molar-refractivity contribution in [2.24, 2.45) is 40.9 Å². The molecule has 34 heavy (non-hydrogen) atoms. The summed E-state index contributed by atoms with van der Waals surface area (Å²) in [4.78, 5) is 13.7. The molecule has 8 atom stereocenters. The van der Waals surface area contributed by atoms with Gasteiger partial charge in [0.05, 0.1) is 17.3 Å². The smallest absolute Gasteiger partial charge is 0.157 e. The molecule has 0 radical (unpaired) electrons. The van der Waals surface area contributed by atoms with E-state index in [4.69, 9.17) is 0 Å². The van der Waals surface area contributed by atoms with E-state index in [1.807, 2.05) is 6.92 Å². The molecule has 1 heterocycles. The maximum absolute atomic E-state index is 13.7. The number of benzene rings is 1. The third kappa shape index (κ3) is 3.65. The monoisotopic (exact) mass is 466 g/mol. The minimum atomic E-state index is -0.470. The molecule has 4 fully saturated rings. The van der Waals surface area contributed by atoms with Gasteiger partial charge in [-0.25, -0.2) is 4.39 Å². The molecule has 184 valence electrons. The normalized spacial score (nSPS) is 42.0. The predicted molar refractivity (Wildman–Crippen MR) is 131 cm³/mol. The summed E-state index contributed by atoms with van der Waals surface area (Å²) in [7, 11) is 0. The number of carbonyl (C=O) groups is 1. The third-order valence-corrected chi connectivity index (χ3v) is 10.8. The lowest BCUT2D eigenvalue weighted by atomic mass is 9.44. The van der Waals surface area contributed by atoms with Gasteiger partial charge in [-0.1, -0.05) is 13.3 Å². The molecule has 4 aliphatic rings. The molecule has 4 aliphatic carbocycles. The van der Waals surface area contributed by atoms with Gasteiger partial charge in [0.2, 0.25) is 0 Å². The highest BCUT2D eigenvalue weighted by molar-refractivity contribution is 5.85. The van der Waals surface area contributed by atoms with Crippen molar-refractivity contribution in [2.75, 3.05) is 0 Å². The summed E-state index contributed by atoms with van der Waals surface area (Å²) < 4.78 is 15.4. The van der Waals surface area contributed by atoms with Crippen LogP contribution in [0.5, 0.6) is 0 Å². The van der Waals surface area contributed by atoms with E-state index in [-0.39, 0.29) is 23.7 Å². The summed E-state index contributed by atoms with van der Waals surface area (Å²) in [5.41, 5.74) is 0.447. The lowest BCUT2D eigenvalue weighted by Crippen LogP contribution is -2.55. The number of hydrogen-bond donors (Lipinski definition) is 1. The van der Waals surface area contributed by atoms with Crippen LogP contribution in [0.3, 0.4) is 0 Å². The molecule has 2 aromatic rings. The van der Waals surface area contributed by atoms with Gasteiger partial charge in [0.15, 0.2) is 5.78 Å². The number of carbonyl (C=O) groups excluding carboxylic acids is 1. The summed E-state index contributed by atoms with van der Waals surface area (Å²) >= 11 is 0. The van der Waals surface area contributed by atoms with E-state index in [0.717, 1.165) is 60.8 Å². The van der Waals surface area contributed by atoms with E-state index in [2.05, 4.69) is 12.0 Å². The van der Waals surface area contributed by atoms with E-state index >= 15 is 0 Å². The number of Topliss-reactive ketones (excluding diaryl/α,β-unsaturated/α-hetero) is 1. The van der Waals surface area contributed by atoms with Crippen LogP contribution in [-0.4, -0.2) is 26.3 Å². The molecule has 1 aromatic heterocycles. The molecule has 0 spiro atoms. The molecule has 0 bridgehead atoms. The van der Waals surface area contributed by atoms with Gasteiger partial charge in [-0.3, -0.25) is 9.48 Å². The van der Waals surface area contributed by atoms with Gasteiger partial charge in [-0.15, -0.1) is 0 Å². The van der Waals surface area contributed by atoms with Crippen molar-refractivity contribution in [3.63, 3.8) is 0 Å². The summed E-state index contributed by atoms with van der Waals surface area (Å²) in [6, 6.07) is 4.68. The zero-order valence-corrected chi connectivity index (χ0v) is 20.7. The fourth-order valence-corrected chi connectivity index (χ4v) is 9.25. The fourth-order valence-electron chi connectivity index (χ4n) is 9.25. The number of ketones is 1. The van der Waals surface area contributed by atoms with Crippen LogP contribution in [0.15, 0.2) is 24.4 Å². The molecule has 4 nitrogen and oxygen atoms in total. The van der Waals surface area contributed by atoms with Gasteiger partial charge < -0.3 is 5.11 Å². The average molecular weight is 467 g/mol. The third-order valence-electron chi connectivity index (χ3n) is 10.8. The van der Waals surface area contributed by atoms with Gasteiger partial charge in [-0.2, -0.15) is 5.10 Å². The molecule has 0 saturated heterocycles. The van der Waals surface area contributed by atoms with Gasteiger partial charge in [-0.05, 0) is 118 Å². The first-order valence-corrected chi connectivity index (χ1v) is 13.6. The van der Waals surface area contributed by atoms with E-state index in [1.54, 1.807) is 16.9 Å². The van der Waals surface area contributed by atoms with Crippen molar-refractivity contribution in [1.29, 1.82) is 0 Å². The number of nitrogens with zero attached hydrogens (tertiary/aromatic N) is 2. The highest BCUT2D eigenvalue weighted by Gasteiger charge is 2.57. The first-order chi connectivity index (χ1) is 16.2. The van der Waals surface area contributed by atoms with Gasteiger partial charge >= 0.3 is 0 Å². The highest BCUT2D eigenvalue weighted by Crippen LogP contribution is 2.63. The minimum absolute atomic E-state index is 0.0819. The van der Waals surface area contributed by atoms with Crippen LogP contribution < -0.4 is 0 Å². The van der Waals surface area contributed by atoms with Crippen LogP contribution in [-0.2, 0) is 11.3 Å². The number of aromatic nitrogens is 2. The zero-order chi connectivity index (χ0) is 23.7. The molecule has 0 aliphatic heterocycles. The van der Waals surface area contributed by atoms with Crippen LogP contribution in [0.2, 0.25) is 0 Å². The van der Waals surface area contributed by atoms with Crippen molar-refractivity contribution in [3.8, 4) is 0 Å². The molecule has 1 N–H and O–H groups in total. The fraction of sp³-hybridized carbons (Fsp3) is 0.724. The SMILES string of the molecule is C[C@@]1(O)CCC2[C@H](CC[C@@H]3[C@@H]2CC[C@]2(C)[C@@H](C(=O)Cn4ncc5cc(F)ccc54)CCC[C@@H]32)C1. The van der Waals surface area contributed by atoms with Crippen LogP contribution in [0, 0.1) is 46.7 Å². The second-order valence-corrected chi connectivity index (χ2v) is 12.7. The Bertz CT molecular complexity index is 1090. The molecule has 0 amide bonds. The Kier molecular flexibility index (Phi) is 5.44. The second kappa shape index (κ2) is 8.15. The highest BCUT2D eigenvalue weighted by atomic mass is 19.1. The maximum atomic E-state index is 13.7. The van der Waals surface area contributed by atoms with Crippen LogP contribution >= 0.6 is 0 Å². The number of rotatable bonds is 3. The largest absolute Gasteiger partial charge is 0.390 e. The standard InChI is InChI=1S/C29H39FN2O2/c1-28(34)12-10-21-18(15-28)6-8-23-22(21)11-13-29(2)24(23)4-3-5-25(29)27(33)17-32-26-9-7-20(30)14-19(26)16-31-32/h7,9,14,16,18,21-25,34H,3-6,8,10-13,15,17H2,1-2H3/t18-,21?,22-,23-,24+,25-,28-,29+/m1/s1. The Labute approximate surface area is 202 Å². The summed E-state index contributed by atoms with van der Waals surface area (Å²) in [5.74, 6) is 3.76. The number of hydrogen-bond acceptors (Lipinski definition) is 3. The van der Waals surface area contributed by atoms with E-state index in [9.17, 15) is 14.3 Å². The summed E-state index contributed by atoms with van der Waals surface area (Å²) in [6.45, 7) is 4.74. The minimum Gasteiger partial charge on any atom is -0.390 e. The average Bonchev–Trinajstić information content (AvgIpc) is 3.18. The Morgan fingerprint density at radius 1 is 1.09 bits per heavy atom. The lowest BCUT2D eigenvalue weighted by molar-refractivity contribution is -0.148. The first-order valence-electron chi connectivity index (χ1n) is 13.6. The first kappa shape index (κ1) is 22.7. The summed E-state index contributed by atoms with van der Waals surface area (Å²) in [5, 5.41) is 15.8. The molecule has 4 saturated carbocycles. The number of halogens is 1. The molecular weight excluding hydrogens is 427 g/mol. The van der Waals surface area contributed by atoms with E-state index < -0.39 is 5.60 Å². The van der Waals surface area contributed by atoms with Gasteiger partial charge in [0.1, 0.15) is 12.4 Å². The Morgan fingerprint density at radius 3 is 2.76 bits per heavy atom. The molecule has 1 unspecified atom stereocenters. The van der Waals surface area contributed by atoms with Crippen molar-refractivity contribution in [1.82, 2.24) is 9.78 Å². The van der Waals surface area contributed by atoms with Crippen molar-refractivity contribution < 1.29 is 14.3 Å². The predicted octanol–water partition coefficient (Wildman–Crippen LogP) is 6.15. The van der Waals surface area contributed by atoms with Crippen molar-refractivity contribution >= 4 is 16.7 Å². The Hall–Kier alpha value is -1.75. The number of aliphatic hydroxyl groups is 1. The molecular formula is C29H39FN2O2. The van der Waals surface area contributed by atoms with Crippen LogP contribution in [0.1, 0.15) is 78.1 Å². The Balaban J connectivity index is 1.21. The van der Waals surface area contributed by atoms with Crippen molar-refractivity contribution in [3.05, 3.63) is 30.2 Å². The zero-order valence-electron chi connectivity index (χ0n) is 20.7. The second-order valence-electron chi connectivity index (χ2n) is 12.7. The van der Waals surface area contributed by atoms with E-state index in [1.165, 1.54) is 44.2 Å². The van der Waals surface area contributed by atoms with E-state index in [0.29, 0.717) is 17.6 Å². The molecule has 1 aromatic carbocycles. The van der Waals surface area contributed by atoms with Crippen LogP contribution in [0.25, 0.3) is 10.9 Å². The number of fused-ring (bicyclic) bond motifs is 6. The van der Waals surface area contributed by atoms with Gasteiger partial charge in [0.25, 0.3) is 0 Å². The van der Waals surface area contributed by atoms with Crippen LogP contribution in [0.4, 0.5) is 4.39 Å². The topological polar surface area (TPSA) is 55.1 Å². The van der Waals surface area contributed by atoms with Gasteiger partial charge in [0, 0.05) is 11.3 Å². The van der Waals surface area contributed by atoms with Crippen molar-refractivity contribution in [2.45, 2.75) is 90.2 Å². The molecule has 6 rings (SSSR count). The maximum Gasteiger partial charge on any atom is 0.157 e. The summed E-state index contributed by atoms with van der Waals surface area (Å²) in [6.07, 6.45) is 13.1. The Morgan fingerprint density at radius 2 is 1.91 bits per heavy atom. The quantitative estimate of drug-likeness (QED) is 0.590.